The zero-order chi connectivity index (χ0) is 8.48. The molecule has 0 N–H and O–H groups in total. The summed E-state index contributed by atoms with van der Waals surface area (Å²) < 4.78 is 21.6. The van der Waals surface area contributed by atoms with Crippen molar-refractivity contribution in [3.63, 3.8) is 0 Å². The number of hydrogen-bond acceptors (Lipinski definition) is 4. The van der Waals surface area contributed by atoms with Crippen LogP contribution in [0, 0.1) is 0 Å². The van der Waals surface area contributed by atoms with E-state index in [-0.39, 0.29) is 10.2 Å². The van der Waals surface area contributed by atoms with E-state index in [1.807, 2.05) is 0 Å². The van der Waals surface area contributed by atoms with E-state index in [2.05, 4.69) is 9.97 Å². The zero-order valence-electron chi connectivity index (χ0n) is 5.65. The first-order valence-electron chi connectivity index (χ1n) is 2.68. The van der Waals surface area contributed by atoms with Gasteiger partial charge >= 0.3 is 0 Å². The van der Waals surface area contributed by atoms with Crippen LogP contribution in [0.1, 0.15) is 0 Å². The predicted molar refractivity (Wildman–Crippen MR) is 40.2 cm³/mol. The second-order valence-corrected chi connectivity index (χ2v) is 4.31. The lowest BCUT2D eigenvalue weighted by molar-refractivity contribution is 0.601. The normalized spacial score (nSPS) is 11.5. The lowest BCUT2D eigenvalue weighted by atomic mass is 10.7. The quantitative estimate of drug-likeness (QED) is 0.610. The van der Waals surface area contributed by atoms with E-state index in [1.54, 1.807) is 0 Å². The molecular formula is C5H5ClN2O2S. The fourth-order valence-corrected chi connectivity index (χ4v) is 1.08. The summed E-state index contributed by atoms with van der Waals surface area (Å²) in [6.07, 6.45) is 3.43. The molecule has 0 atom stereocenters. The van der Waals surface area contributed by atoms with Gasteiger partial charge in [-0.25, -0.2) is 18.4 Å². The molecular weight excluding hydrogens is 188 g/mol. The maximum absolute atomic E-state index is 10.8. The largest absolute Gasteiger partial charge is 0.225 e. The molecule has 1 heterocycles. The summed E-state index contributed by atoms with van der Waals surface area (Å²) >= 11 is 5.34. The molecule has 4 nitrogen and oxygen atoms in total. The maximum atomic E-state index is 10.8. The van der Waals surface area contributed by atoms with Crippen molar-refractivity contribution in [3.8, 4) is 0 Å². The van der Waals surface area contributed by atoms with Gasteiger partial charge in [-0.1, -0.05) is 0 Å². The lowest BCUT2D eigenvalue weighted by Gasteiger charge is -1.94. The molecule has 0 fully saturated rings. The van der Waals surface area contributed by atoms with Gasteiger partial charge in [0.1, 0.15) is 4.90 Å². The van der Waals surface area contributed by atoms with Gasteiger partial charge in [-0.05, 0) is 11.6 Å². The number of nitrogens with zero attached hydrogens (tertiary/aromatic N) is 2. The van der Waals surface area contributed by atoms with E-state index in [0.29, 0.717) is 0 Å². The van der Waals surface area contributed by atoms with Gasteiger partial charge in [0.05, 0.1) is 12.4 Å². The molecule has 1 rings (SSSR count). The van der Waals surface area contributed by atoms with Crippen LogP contribution in [0.4, 0.5) is 0 Å². The minimum atomic E-state index is -3.20. The second-order valence-electron chi connectivity index (χ2n) is 1.96. The van der Waals surface area contributed by atoms with Crippen LogP contribution in [0.15, 0.2) is 17.3 Å². The second kappa shape index (κ2) is 2.75. The van der Waals surface area contributed by atoms with Crippen LogP contribution >= 0.6 is 11.6 Å². The molecule has 0 spiro atoms. The van der Waals surface area contributed by atoms with Crippen molar-refractivity contribution in [2.24, 2.45) is 0 Å². The molecule has 0 bridgehead atoms. The molecule has 0 aliphatic rings. The molecule has 1 aromatic rings. The first-order valence-corrected chi connectivity index (χ1v) is 4.95. The number of halogens is 1. The Hall–Kier alpha value is -0.680. The van der Waals surface area contributed by atoms with Gasteiger partial charge in [0.15, 0.2) is 9.84 Å². The fraction of sp³-hybridized carbons (Fsp3) is 0.200. The van der Waals surface area contributed by atoms with Crippen molar-refractivity contribution in [3.05, 3.63) is 17.7 Å². The van der Waals surface area contributed by atoms with Gasteiger partial charge < -0.3 is 0 Å². The van der Waals surface area contributed by atoms with Gasteiger partial charge in [-0.15, -0.1) is 0 Å². The highest BCUT2D eigenvalue weighted by molar-refractivity contribution is 7.90. The van der Waals surface area contributed by atoms with Crippen LogP contribution in [0.2, 0.25) is 5.28 Å². The van der Waals surface area contributed by atoms with Crippen molar-refractivity contribution in [2.75, 3.05) is 6.26 Å². The molecule has 0 unspecified atom stereocenters. The van der Waals surface area contributed by atoms with Crippen LogP contribution in [0.3, 0.4) is 0 Å². The Kier molecular flexibility index (Phi) is 2.10. The van der Waals surface area contributed by atoms with Crippen LogP contribution in [0.25, 0.3) is 0 Å². The molecule has 0 aliphatic heterocycles. The highest BCUT2D eigenvalue weighted by Gasteiger charge is 2.06. The summed E-state index contributed by atoms with van der Waals surface area (Å²) in [6.45, 7) is 0. The third-order valence-corrected chi connectivity index (χ3v) is 2.29. The number of rotatable bonds is 1. The third-order valence-electron chi connectivity index (χ3n) is 1.02. The molecule has 1 aromatic heterocycles. The number of sulfone groups is 1. The van der Waals surface area contributed by atoms with Crippen molar-refractivity contribution in [2.45, 2.75) is 4.90 Å². The fourth-order valence-electron chi connectivity index (χ4n) is 0.492. The lowest BCUT2D eigenvalue weighted by Crippen LogP contribution is -1.98. The first-order chi connectivity index (χ1) is 5.00. The molecule has 60 valence electrons. The third kappa shape index (κ3) is 2.13. The minimum absolute atomic E-state index is 0.0393. The van der Waals surface area contributed by atoms with Crippen LogP contribution in [-0.4, -0.2) is 24.6 Å². The van der Waals surface area contributed by atoms with Crippen molar-refractivity contribution in [1.29, 1.82) is 0 Å². The van der Waals surface area contributed by atoms with E-state index in [4.69, 9.17) is 11.6 Å². The highest BCUT2D eigenvalue weighted by atomic mass is 35.5. The summed E-state index contributed by atoms with van der Waals surface area (Å²) in [6, 6.07) is 0. The maximum Gasteiger partial charge on any atom is 0.222 e. The molecule has 0 amide bonds. The molecule has 0 aromatic carbocycles. The molecule has 0 aliphatic carbocycles. The molecule has 6 heteroatoms. The Balaban J connectivity index is 3.20. The van der Waals surface area contributed by atoms with Crippen molar-refractivity contribution in [1.82, 2.24) is 9.97 Å². The van der Waals surface area contributed by atoms with Gasteiger partial charge in [-0.2, -0.15) is 0 Å². The Labute approximate surface area is 69.2 Å². The SMILES string of the molecule is CS(=O)(=O)c1cnc(Cl)nc1. The Morgan fingerprint density at radius 2 is 1.82 bits per heavy atom. The Morgan fingerprint density at radius 3 is 2.18 bits per heavy atom. The summed E-state index contributed by atoms with van der Waals surface area (Å²) in [5, 5.41) is 0.0393. The molecule has 0 saturated carbocycles. The van der Waals surface area contributed by atoms with Crippen LogP contribution < -0.4 is 0 Å². The average Bonchev–Trinajstić information content (AvgIpc) is 1.86. The summed E-state index contributed by atoms with van der Waals surface area (Å²) in [7, 11) is -3.20. The van der Waals surface area contributed by atoms with Crippen LogP contribution in [-0.2, 0) is 9.84 Å². The van der Waals surface area contributed by atoms with Crippen molar-refractivity contribution < 1.29 is 8.42 Å². The summed E-state index contributed by atoms with van der Waals surface area (Å²) in [4.78, 5) is 7.11. The van der Waals surface area contributed by atoms with Gasteiger partial charge in [0.2, 0.25) is 5.28 Å². The van der Waals surface area contributed by atoms with E-state index in [1.165, 1.54) is 12.4 Å². The molecule has 11 heavy (non-hydrogen) atoms. The first kappa shape index (κ1) is 8.42. The van der Waals surface area contributed by atoms with Crippen molar-refractivity contribution >= 4 is 21.4 Å². The summed E-state index contributed by atoms with van der Waals surface area (Å²) in [5.74, 6) is 0. The van der Waals surface area contributed by atoms with Gasteiger partial charge in [0, 0.05) is 6.26 Å². The number of aromatic nitrogens is 2. The average molecular weight is 193 g/mol. The number of hydrogen-bond donors (Lipinski definition) is 0. The van der Waals surface area contributed by atoms with E-state index < -0.39 is 9.84 Å². The van der Waals surface area contributed by atoms with Crippen LogP contribution in [0.5, 0.6) is 0 Å². The van der Waals surface area contributed by atoms with Gasteiger partial charge in [-0.3, -0.25) is 0 Å². The topological polar surface area (TPSA) is 59.9 Å². The molecule has 0 saturated heterocycles. The van der Waals surface area contributed by atoms with E-state index in [0.717, 1.165) is 6.26 Å². The van der Waals surface area contributed by atoms with Gasteiger partial charge in [0.25, 0.3) is 0 Å². The van der Waals surface area contributed by atoms with E-state index >= 15 is 0 Å². The monoisotopic (exact) mass is 192 g/mol. The predicted octanol–water partition coefficient (Wildman–Crippen LogP) is 0.534. The molecule has 0 radical (unpaired) electrons. The minimum Gasteiger partial charge on any atom is -0.225 e. The summed E-state index contributed by atoms with van der Waals surface area (Å²) in [5.41, 5.74) is 0. The Bertz CT molecular complexity index is 345. The zero-order valence-corrected chi connectivity index (χ0v) is 7.22. The smallest absolute Gasteiger partial charge is 0.222 e. The standard InChI is InChI=1S/C5H5ClN2O2S/c1-11(9,10)4-2-7-5(6)8-3-4/h2-3H,1H3. The van der Waals surface area contributed by atoms with E-state index in [9.17, 15) is 8.42 Å². The Morgan fingerprint density at radius 1 is 1.36 bits per heavy atom. The highest BCUT2D eigenvalue weighted by Crippen LogP contribution is 2.06.